The molecule has 0 heterocycles. The van der Waals surface area contributed by atoms with Gasteiger partial charge in [-0.3, -0.25) is 0 Å². The number of allylic oxidation sites excluding steroid dienone is 6. The molecule has 0 aromatic carbocycles. The van der Waals surface area contributed by atoms with E-state index in [1.165, 1.54) is 36.8 Å². The van der Waals surface area contributed by atoms with Crippen molar-refractivity contribution in [2.75, 3.05) is 0 Å². The van der Waals surface area contributed by atoms with Crippen molar-refractivity contribution in [2.24, 2.45) is 5.92 Å². The second kappa shape index (κ2) is 3.76. The summed E-state index contributed by atoms with van der Waals surface area (Å²) < 4.78 is 0. The first-order valence-electron chi connectivity index (χ1n) is 5.73. The monoisotopic (exact) mass is 188 g/mol. The molecule has 0 bridgehead atoms. The molecule has 0 nitrogen and oxygen atoms in total. The molecule has 2 aliphatic rings. The molecule has 76 valence electrons. The van der Waals surface area contributed by atoms with Crippen LogP contribution in [0.15, 0.2) is 34.4 Å². The zero-order valence-corrected chi connectivity index (χ0v) is 9.56. The highest BCUT2D eigenvalue weighted by molar-refractivity contribution is 5.42. The summed E-state index contributed by atoms with van der Waals surface area (Å²) in [6.45, 7) is 6.84. The molecule has 0 radical (unpaired) electrons. The van der Waals surface area contributed by atoms with E-state index < -0.39 is 0 Å². The third-order valence-electron chi connectivity index (χ3n) is 3.63. The van der Waals surface area contributed by atoms with Gasteiger partial charge in [0.25, 0.3) is 0 Å². The minimum absolute atomic E-state index is 0.885. The molecular formula is C14H20. The standard InChI is InChI=1S/C14H20/c1-10-4-6-13-7-5-11(2)12(3)9-14(13)8-10/h5,9-10H,4,6-8H2,1-3H3/t10-/m0/s1. The maximum absolute atomic E-state index is 2.42. The lowest BCUT2D eigenvalue weighted by Crippen LogP contribution is -2.06. The molecule has 0 saturated carbocycles. The van der Waals surface area contributed by atoms with Crippen LogP contribution in [0.4, 0.5) is 0 Å². The number of hydrogen-bond acceptors (Lipinski definition) is 0. The summed E-state index contributed by atoms with van der Waals surface area (Å²) in [7, 11) is 0. The lowest BCUT2D eigenvalue weighted by atomic mass is 9.84. The second-order valence-electron chi connectivity index (χ2n) is 4.90. The van der Waals surface area contributed by atoms with Crippen LogP contribution < -0.4 is 0 Å². The van der Waals surface area contributed by atoms with Gasteiger partial charge in [0, 0.05) is 0 Å². The molecule has 0 heteroatoms. The molecule has 0 unspecified atom stereocenters. The van der Waals surface area contributed by atoms with Gasteiger partial charge in [-0.1, -0.05) is 30.2 Å². The summed E-state index contributed by atoms with van der Waals surface area (Å²) in [5.74, 6) is 0.885. The van der Waals surface area contributed by atoms with E-state index in [1.54, 1.807) is 11.1 Å². The average Bonchev–Trinajstić information content (AvgIpc) is 2.27. The molecular weight excluding hydrogens is 168 g/mol. The summed E-state index contributed by atoms with van der Waals surface area (Å²) in [5, 5.41) is 0. The van der Waals surface area contributed by atoms with Gasteiger partial charge in [-0.25, -0.2) is 0 Å². The van der Waals surface area contributed by atoms with Crippen molar-refractivity contribution in [1.82, 2.24) is 0 Å². The van der Waals surface area contributed by atoms with Gasteiger partial charge in [-0.2, -0.15) is 0 Å². The second-order valence-corrected chi connectivity index (χ2v) is 4.90. The highest BCUT2D eigenvalue weighted by Gasteiger charge is 2.17. The predicted molar refractivity (Wildman–Crippen MR) is 62.2 cm³/mol. The molecule has 0 aromatic rings. The fraction of sp³-hybridized carbons (Fsp3) is 0.571. The Balaban J connectivity index is 2.32. The molecule has 0 aliphatic heterocycles. The molecule has 0 N–H and O–H groups in total. The fourth-order valence-electron chi connectivity index (χ4n) is 2.41. The third kappa shape index (κ3) is 1.84. The van der Waals surface area contributed by atoms with Crippen molar-refractivity contribution >= 4 is 0 Å². The normalized spacial score (nSPS) is 27.8. The Kier molecular flexibility index (Phi) is 2.62. The van der Waals surface area contributed by atoms with Crippen LogP contribution in [0.5, 0.6) is 0 Å². The summed E-state index contributed by atoms with van der Waals surface area (Å²) in [4.78, 5) is 0. The van der Waals surface area contributed by atoms with Gasteiger partial charge in [0.15, 0.2) is 0 Å². The highest BCUT2D eigenvalue weighted by Crippen LogP contribution is 2.35. The lowest BCUT2D eigenvalue weighted by molar-refractivity contribution is 0.498. The van der Waals surface area contributed by atoms with E-state index in [-0.39, 0.29) is 0 Å². The minimum Gasteiger partial charge on any atom is -0.0772 e. The molecule has 2 aliphatic carbocycles. The van der Waals surface area contributed by atoms with Gasteiger partial charge < -0.3 is 0 Å². The summed E-state index contributed by atoms with van der Waals surface area (Å²) in [5.41, 5.74) is 6.25. The SMILES string of the molecule is CC1=CCC2=C(C=C1C)C[C@@H](C)CC2. The smallest absolute Gasteiger partial charge is 0.0127 e. The quantitative estimate of drug-likeness (QED) is 0.528. The van der Waals surface area contributed by atoms with Gasteiger partial charge in [0.05, 0.1) is 0 Å². The van der Waals surface area contributed by atoms with Gasteiger partial charge in [0.2, 0.25) is 0 Å². The highest BCUT2D eigenvalue weighted by atomic mass is 14.2. The van der Waals surface area contributed by atoms with E-state index in [2.05, 4.69) is 32.9 Å². The van der Waals surface area contributed by atoms with E-state index in [9.17, 15) is 0 Å². The molecule has 14 heavy (non-hydrogen) atoms. The largest absolute Gasteiger partial charge is 0.0772 e. The van der Waals surface area contributed by atoms with Crippen LogP contribution in [0.2, 0.25) is 0 Å². The van der Waals surface area contributed by atoms with E-state index in [0.717, 1.165) is 5.92 Å². The van der Waals surface area contributed by atoms with Gasteiger partial charge >= 0.3 is 0 Å². The van der Waals surface area contributed by atoms with Crippen LogP contribution >= 0.6 is 0 Å². The van der Waals surface area contributed by atoms with E-state index in [0.29, 0.717) is 0 Å². The number of hydrogen-bond donors (Lipinski definition) is 0. The summed E-state index contributed by atoms with van der Waals surface area (Å²) >= 11 is 0. The van der Waals surface area contributed by atoms with Crippen LogP contribution in [-0.2, 0) is 0 Å². The molecule has 2 rings (SSSR count). The Bertz CT molecular complexity index is 326. The van der Waals surface area contributed by atoms with Crippen LogP contribution in [0.25, 0.3) is 0 Å². The van der Waals surface area contributed by atoms with Crippen molar-refractivity contribution in [1.29, 1.82) is 0 Å². The van der Waals surface area contributed by atoms with Crippen LogP contribution in [0.3, 0.4) is 0 Å². The van der Waals surface area contributed by atoms with E-state index in [1.807, 2.05) is 0 Å². The van der Waals surface area contributed by atoms with Crippen molar-refractivity contribution < 1.29 is 0 Å². The van der Waals surface area contributed by atoms with E-state index in [4.69, 9.17) is 0 Å². The van der Waals surface area contributed by atoms with E-state index >= 15 is 0 Å². The fourth-order valence-corrected chi connectivity index (χ4v) is 2.41. The molecule has 0 fully saturated rings. The molecule has 0 aromatic heterocycles. The van der Waals surface area contributed by atoms with Gasteiger partial charge in [-0.05, 0) is 56.6 Å². The van der Waals surface area contributed by atoms with Crippen molar-refractivity contribution in [3.63, 3.8) is 0 Å². The molecule has 0 saturated heterocycles. The lowest BCUT2D eigenvalue weighted by Gasteiger charge is -2.22. The Morgan fingerprint density at radius 1 is 1.21 bits per heavy atom. The van der Waals surface area contributed by atoms with Crippen molar-refractivity contribution in [3.05, 3.63) is 34.4 Å². The number of rotatable bonds is 0. The third-order valence-corrected chi connectivity index (χ3v) is 3.63. The topological polar surface area (TPSA) is 0 Å². The Morgan fingerprint density at radius 2 is 2.00 bits per heavy atom. The first kappa shape index (κ1) is 9.76. The summed E-state index contributed by atoms with van der Waals surface area (Å²) in [6.07, 6.45) is 10.0. The summed E-state index contributed by atoms with van der Waals surface area (Å²) in [6, 6.07) is 0. The molecule has 0 amide bonds. The first-order valence-corrected chi connectivity index (χ1v) is 5.73. The average molecular weight is 188 g/mol. The zero-order valence-electron chi connectivity index (χ0n) is 9.56. The molecule has 1 atom stereocenters. The van der Waals surface area contributed by atoms with Crippen LogP contribution in [-0.4, -0.2) is 0 Å². The zero-order chi connectivity index (χ0) is 10.1. The Labute approximate surface area is 87.4 Å². The van der Waals surface area contributed by atoms with Gasteiger partial charge in [-0.15, -0.1) is 0 Å². The predicted octanol–water partition coefficient (Wildman–Crippen LogP) is 4.40. The first-order chi connectivity index (χ1) is 6.66. The van der Waals surface area contributed by atoms with Crippen LogP contribution in [0.1, 0.15) is 46.5 Å². The minimum atomic E-state index is 0.885. The maximum atomic E-state index is 2.42. The Morgan fingerprint density at radius 3 is 2.79 bits per heavy atom. The maximum Gasteiger partial charge on any atom is -0.0127 e. The Hall–Kier alpha value is -0.780. The van der Waals surface area contributed by atoms with Crippen LogP contribution in [0, 0.1) is 5.92 Å². The van der Waals surface area contributed by atoms with Gasteiger partial charge in [0.1, 0.15) is 0 Å². The molecule has 0 spiro atoms. The van der Waals surface area contributed by atoms with Crippen molar-refractivity contribution in [3.8, 4) is 0 Å². The van der Waals surface area contributed by atoms with Crippen molar-refractivity contribution in [2.45, 2.75) is 46.5 Å².